The molecule has 0 saturated heterocycles. The fourth-order valence-electron chi connectivity index (χ4n) is 10.7. The number of nitrogens with zero attached hydrogens (tertiary/aromatic N) is 5. The molecule has 0 aliphatic heterocycles. The van der Waals surface area contributed by atoms with E-state index in [-0.39, 0.29) is 0 Å². The predicted octanol–water partition coefficient (Wildman–Crippen LogP) is 16.5. The Morgan fingerprint density at radius 1 is 0.257 bits per heavy atom. The monoisotopic (exact) mass is 895 g/mol. The number of hydrogen-bond acceptors (Lipinski definition) is 5. The lowest BCUT2D eigenvalue weighted by Crippen LogP contribution is -2.06. The largest absolute Gasteiger partial charge is 0.456 e. The summed E-state index contributed by atoms with van der Waals surface area (Å²) in [5.41, 5.74) is 15.2. The van der Waals surface area contributed by atoms with Crippen LogP contribution in [0.1, 0.15) is 0 Å². The topological polar surface area (TPSA) is 74.8 Å². The van der Waals surface area contributed by atoms with Crippen molar-refractivity contribution in [1.82, 2.24) is 24.1 Å². The molecular weight excluding hydrogens is 859 g/mol. The molecule has 70 heavy (non-hydrogen) atoms. The van der Waals surface area contributed by atoms with Crippen molar-refractivity contribution in [2.45, 2.75) is 0 Å². The first-order chi connectivity index (χ1) is 34.7. The van der Waals surface area contributed by atoms with Crippen molar-refractivity contribution in [3.63, 3.8) is 0 Å². The molecule has 0 fully saturated rings. The molecule has 7 heteroatoms. The van der Waals surface area contributed by atoms with Crippen LogP contribution in [0, 0.1) is 0 Å². The van der Waals surface area contributed by atoms with Gasteiger partial charge >= 0.3 is 0 Å². The molecule has 10 aromatic carbocycles. The van der Waals surface area contributed by atoms with Crippen LogP contribution in [0.2, 0.25) is 0 Å². The number of fused-ring (bicyclic) bond motifs is 12. The molecule has 0 aliphatic carbocycles. The van der Waals surface area contributed by atoms with E-state index in [2.05, 4.69) is 173 Å². The van der Waals surface area contributed by atoms with Crippen LogP contribution in [0.25, 0.3) is 144 Å². The predicted molar refractivity (Wildman–Crippen MR) is 285 cm³/mol. The summed E-state index contributed by atoms with van der Waals surface area (Å²) in [5.74, 6) is 1.66. The fourth-order valence-corrected chi connectivity index (χ4v) is 10.7. The second-order valence-corrected chi connectivity index (χ2v) is 18.0. The summed E-state index contributed by atoms with van der Waals surface area (Å²) in [4.78, 5) is 15.8. The van der Waals surface area contributed by atoms with Gasteiger partial charge in [0.05, 0.1) is 22.1 Å². The van der Waals surface area contributed by atoms with Gasteiger partial charge in [0.25, 0.3) is 0 Å². The van der Waals surface area contributed by atoms with Gasteiger partial charge in [-0.25, -0.2) is 4.98 Å². The van der Waals surface area contributed by atoms with Gasteiger partial charge in [-0.2, -0.15) is 9.97 Å². The Labute approximate surface area is 399 Å². The SMILES string of the molecule is c1ccc(-n2c3ccccc3c3cc(-c4ccc(-c5ccc6c(c5)c5ccccc5n6-c5nc(-c6ccc7oc8ccccc8c7c6)nc(-c6ccc7oc8ccccc8c7c6)n5)cc4)ccc32)cc1. The Morgan fingerprint density at radius 2 is 0.643 bits per heavy atom. The molecule has 0 bridgehead atoms. The maximum atomic E-state index is 6.22. The lowest BCUT2D eigenvalue weighted by atomic mass is 9.98. The number of benzene rings is 10. The second kappa shape index (κ2) is 15.0. The molecule has 0 atom stereocenters. The van der Waals surface area contributed by atoms with E-state index >= 15 is 0 Å². The summed E-state index contributed by atoms with van der Waals surface area (Å²) in [6, 6.07) is 78.9. The Kier molecular flexibility index (Phi) is 8.23. The van der Waals surface area contributed by atoms with Crippen LogP contribution < -0.4 is 0 Å². The summed E-state index contributed by atoms with van der Waals surface area (Å²) in [7, 11) is 0. The zero-order valence-electron chi connectivity index (χ0n) is 37.4. The third kappa shape index (κ3) is 5.91. The lowest BCUT2D eigenvalue weighted by Gasteiger charge is -2.11. The quantitative estimate of drug-likeness (QED) is 0.166. The van der Waals surface area contributed by atoms with Gasteiger partial charge in [0.15, 0.2) is 11.6 Å². The molecule has 0 radical (unpaired) electrons. The molecule has 0 spiro atoms. The lowest BCUT2D eigenvalue weighted by molar-refractivity contribution is 0.668. The van der Waals surface area contributed by atoms with Gasteiger partial charge in [0, 0.05) is 59.9 Å². The van der Waals surface area contributed by atoms with Gasteiger partial charge < -0.3 is 13.4 Å². The normalized spacial score (nSPS) is 12.0. The molecule has 0 aliphatic rings. The highest BCUT2D eigenvalue weighted by molar-refractivity contribution is 6.12. The minimum Gasteiger partial charge on any atom is -0.456 e. The number of furan rings is 2. The summed E-state index contributed by atoms with van der Waals surface area (Å²) >= 11 is 0. The van der Waals surface area contributed by atoms with Gasteiger partial charge in [0.1, 0.15) is 22.3 Å². The van der Waals surface area contributed by atoms with Crippen LogP contribution in [-0.4, -0.2) is 24.1 Å². The molecular formula is C63H37N5O2. The molecule has 0 saturated carbocycles. The van der Waals surface area contributed by atoms with E-state index in [1.54, 1.807) is 0 Å². The summed E-state index contributed by atoms with van der Waals surface area (Å²) < 4.78 is 17.0. The minimum atomic E-state index is 0.529. The zero-order valence-corrected chi connectivity index (χ0v) is 37.4. The highest BCUT2D eigenvalue weighted by Gasteiger charge is 2.21. The van der Waals surface area contributed by atoms with Gasteiger partial charge in [0.2, 0.25) is 5.95 Å². The maximum absolute atomic E-state index is 6.22. The molecule has 0 unspecified atom stereocenters. The molecule has 0 amide bonds. The molecule has 15 rings (SSSR count). The summed E-state index contributed by atoms with van der Waals surface area (Å²) in [6.45, 7) is 0. The van der Waals surface area contributed by atoms with E-state index in [9.17, 15) is 0 Å². The minimum absolute atomic E-state index is 0.529. The van der Waals surface area contributed by atoms with Crippen molar-refractivity contribution in [3.05, 3.63) is 224 Å². The highest BCUT2D eigenvalue weighted by Crippen LogP contribution is 2.39. The van der Waals surface area contributed by atoms with Gasteiger partial charge in [-0.15, -0.1) is 0 Å². The Hall–Kier alpha value is -9.59. The van der Waals surface area contributed by atoms with Crippen LogP contribution in [0.4, 0.5) is 0 Å². The zero-order chi connectivity index (χ0) is 45.9. The maximum Gasteiger partial charge on any atom is 0.238 e. The number of aromatic nitrogens is 5. The summed E-state index contributed by atoms with van der Waals surface area (Å²) in [5, 5.41) is 8.81. The Balaban J connectivity index is 0.855. The van der Waals surface area contributed by atoms with E-state index in [4.69, 9.17) is 23.8 Å². The fraction of sp³-hybridized carbons (Fsp3) is 0. The van der Waals surface area contributed by atoms with Crippen LogP contribution in [0.3, 0.4) is 0 Å². The third-order valence-electron chi connectivity index (χ3n) is 14.0. The van der Waals surface area contributed by atoms with E-state index in [1.807, 2.05) is 60.7 Å². The molecule has 326 valence electrons. The van der Waals surface area contributed by atoms with Crippen molar-refractivity contribution >= 4 is 87.5 Å². The number of rotatable bonds is 6. The van der Waals surface area contributed by atoms with Crippen LogP contribution in [-0.2, 0) is 0 Å². The molecule has 0 N–H and O–H groups in total. The third-order valence-corrected chi connectivity index (χ3v) is 14.0. The van der Waals surface area contributed by atoms with Crippen molar-refractivity contribution in [1.29, 1.82) is 0 Å². The first-order valence-corrected chi connectivity index (χ1v) is 23.5. The number of hydrogen-bond donors (Lipinski definition) is 0. The first kappa shape index (κ1) is 38.5. The Bertz CT molecular complexity index is 4460. The second-order valence-electron chi connectivity index (χ2n) is 18.0. The van der Waals surface area contributed by atoms with E-state index in [0.717, 1.165) is 93.6 Å². The Morgan fingerprint density at radius 3 is 1.19 bits per heavy atom. The summed E-state index contributed by atoms with van der Waals surface area (Å²) in [6.07, 6.45) is 0. The van der Waals surface area contributed by atoms with Crippen molar-refractivity contribution in [2.75, 3.05) is 0 Å². The average Bonchev–Trinajstić information content (AvgIpc) is 4.18. The van der Waals surface area contributed by atoms with Crippen LogP contribution in [0.5, 0.6) is 0 Å². The van der Waals surface area contributed by atoms with Crippen LogP contribution >= 0.6 is 0 Å². The van der Waals surface area contributed by atoms with Crippen molar-refractivity contribution in [2.24, 2.45) is 0 Å². The van der Waals surface area contributed by atoms with Gasteiger partial charge in [-0.05, 0) is 119 Å². The molecule has 5 heterocycles. The van der Waals surface area contributed by atoms with Crippen molar-refractivity contribution < 1.29 is 8.83 Å². The van der Waals surface area contributed by atoms with E-state index < -0.39 is 0 Å². The average molecular weight is 896 g/mol. The molecule has 5 aromatic heterocycles. The highest BCUT2D eigenvalue weighted by atomic mass is 16.3. The van der Waals surface area contributed by atoms with Gasteiger partial charge in [-0.3, -0.25) is 4.57 Å². The number of para-hydroxylation sites is 5. The first-order valence-electron chi connectivity index (χ1n) is 23.5. The molecule has 7 nitrogen and oxygen atoms in total. The van der Waals surface area contributed by atoms with Crippen molar-refractivity contribution in [3.8, 4) is 56.7 Å². The van der Waals surface area contributed by atoms with E-state index in [0.29, 0.717) is 17.6 Å². The molecule has 15 aromatic rings. The smallest absolute Gasteiger partial charge is 0.238 e. The van der Waals surface area contributed by atoms with E-state index in [1.165, 1.54) is 32.9 Å². The standard InChI is InChI=1S/C63H37N5O2/c1-2-12-44(13-3-1)67-53-18-8-4-14-45(53)49-34-40(26-30-55(49)67)38-22-24-39(25-23-38)41-27-31-56-50(35-41)46-15-5-9-19-54(46)68(56)63-65-61(42-28-32-59-51(36-42)47-16-6-10-20-57(47)69-59)64-62(66-63)43-29-33-60-52(37-43)48-17-7-11-21-58(48)70-60/h1-37H. The van der Waals surface area contributed by atoms with Crippen LogP contribution in [0.15, 0.2) is 233 Å². The van der Waals surface area contributed by atoms with Gasteiger partial charge in [-0.1, -0.05) is 127 Å².